The molecular weight excluding hydrogens is 487 g/mol. The molecule has 0 aliphatic carbocycles. The molecule has 34 heavy (non-hydrogen) atoms. The van der Waals surface area contributed by atoms with E-state index in [0.717, 1.165) is 60.8 Å². The number of benzene rings is 2. The maximum atomic E-state index is 12.6. The van der Waals surface area contributed by atoms with Crippen LogP contribution in [0, 0.1) is 0 Å². The monoisotopic (exact) mass is 514 g/mol. The molecule has 1 aliphatic rings. The molecule has 1 aliphatic heterocycles. The molecule has 0 radical (unpaired) electrons. The molecule has 3 aromatic rings. The van der Waals surface area contributed by atoms with Crippen molar-refractivity contribution in [3.63, 3.8) is 0 Å². The Morgan fingerprint density at radius 1 is 1.15 bits per heavy atom. The zero-order valence-corrected chi connectivity index (χ0v) is 21.4. The second-order valence-corrected chi connectivity index (χ2v) is 10.3. The molecule has 0 saturated carbocycles. The van der Waals surface area contributed by atoms with Crippen molar-refractivity contribution in [2.75, 3.05) is 23.7 Å². The smallest absolute Gasteiger partial charge is 0.134 e. The lowest BCUT2D eigenvalue weighted by atomic mass is 10.0. The summed E-state index contributed by atoms with van der Waals surface area (Å²) in [5.74, 6) is 0.526. The SMILES string of the molecule is CCCCC1=C=Cc2c(N)nc3ccccc3c2N1CCCCNS(=O)c1ccc(Cl)cc1Cl. The number of nitrogens with one attached hydrogen (secondary N) is 1. The number of nitrogens with two attached hydrogens (primary N) is 1. The number of unbranched alkanes of at least 4 members (excludes halogenated alkanes) is 2. The second kappa shape index (κ2) is 11.4. The number of para-hydroxylation sites is 1. The summed E-state index contributed by atoms with van der Waals surface area (Å²) in [4.78, 5) is 7.48. The molecule has 0 fully saturated rings. The Kier molecular flexibility index (Phi) is 8.30. The number of aromatic nitrogens is 1. The molecule has 2 aromatic carbocycles. The van der Waals surface area contributed by atoms with Gasteiger partial charge in [0.1, 0.15) is 16.8 Å². The van der Waals surface area contributed by atoms with E-state index in [1.54, 1.807) is 18.2 Å². The predicted octanol–water partition coefficient (Wildman–Crippen LogP) is 6.72. The highest BCUT2D eigenvalue weighted by atomic mass is 35.5. The third kappa shape index (κ3) is 5.48. The van der Waals surface area contributed by atoms with E-state index in [9.17, 15) is 4.21 Å². The predicted molar refractivity (Wildman–Crippen MR) is 145 cm³/mol. The normalized spacial score (nSPS) is 13.7. The summed E-state index contributed by atoms with van der Waals surface area (Å²) >= 11 is 12.1. The maximum absolute atomic E-state index is 12.6. The van der Waals surface area contributed by atoms with Crippen molar-refractivity contribution in [3.05, 3.63) is 69.5 Å². The van der Waals surface area contributed by atoms with Crippen LogP contribution in [0.2, 0.25) is 10.0 Å². The van der Waals surface area contributed by atoms with Crippen LogP contribution in [0.4, 0.5) is 11.5 Å². The van der Waals surface area contributed by atoms with Crippen LogP contribution in [0.1, 0.15) is 44.6 Å². The summed E-state index contributed by atoms with van der Waals surface area (Å²) < 4.78 is 15.7. The molecule has 178 valence electrons. The molecule has 3 N–H and O–H groups in total. The highest BCUT2D eigenvalue weighted by Crippen LogP contribution is 2.39. The lowest BCUT2D eigenvalue weighted by Crippen LogP contribution is -2.27. The van der Waals surface area contributed by atoms with Gasteiger partial charge in [0.25, 0.3) is 0 Å². The fourth-order valence-electron chi connectivity index (χ4n) is 4.09. The van der Waals surface area contributed by atoms with Crippen molar-refractivity contribution in [3.8, 4) is 0 Å². The van der Waals surface area contributed by atoms with Gasteiger partial charge in [-0.15, -0.1) is 0 Å². The maximum Gasteiger partial charge on any atom is 0.134 e. The zero-order valence-electron chi connectivity index (χ0n) is 19.1. The summed E-state index contributed by atoms with van der Waals surface area (Å²) in [6.45, 7) is 3.62. The van der Waals surface area contributed by atoms with Gasteiger partial charge in [0.05, 0.1) is 26.8 Å². The molecule has 0 amide bonds. The van der Waals surface area contributed by atoms with Crippen LogP contribution >= 0.6 is 23.2 Å². The molecule has 4 rings (SSSR count). The Bertz CT molecular complexity index is 1290. The van der Waals surface area contributed by atoms with Gasteiger partial charge in [-0.05, 0) is 56.0 Å². The van der Waals surface area contributed by atoms with Crippen molar-refractivity contribution in [2.24, 2.45) is 0 Å². The lowest BCUT2D eigenvalue weighted by molar-refractivity contribution is 0.655. The number of hydrogen-bond donors (Lipinski definition) is 2. The van der Waals surface area contributed by atoms with Crippen molar-refractivity contribution in [1.82, 2.24) is 9.71 Å². The quantitative estimate of drug-likeness (QED) is 0.232. The zero-order chi connectivity index (χ0) is 24.1. The van der Waals surface area contributed by atoms with Crippen molar-refractivity contribution >= 4 is 62.7 Å². The van der Waals surface area contributed by atoms with Crippen LogP contribution < -0.4 is 15.4 Å². The average molecular weight is 516 g/mol. The van der Waals surface area contributed by atoms with Crippen LogP contribution in [-0.4, -0.2) is 22.3 Å². The van der Waals surface area contributed by atoms with Gasteiger partial charge in [-0.1, -0.05) is 60.5 Å². The number of fused-ring (bicyclic) bond motifs is 3. The summed E-state index contributed by atoms with van der Waals surface area (Å²) in [6, 6.07) is 13.1. The molecule has 8 heteroatoms. The first-order chi connectivity index (χ1) is 16.5. The van der Waals surface area contributed by atoms with Gasteiger partial charge in [0.15, 0.2) is 0 Å². The van der Waals surface area contributed by atoms with E-state index in [4.69, 9.17) is 28.9 Å². The van der Waals surface area contributed by atoms with Crippen LogP contribution in [0.3, 0.4) is 0 Å². The molecular formula is C26H28Cl2N4OS. The van der Waals surface area contributed by atoms with E-state index in [0.29, 0.717) is 27.3 Å². The van der Waals surface area contributed by atoms with Gasteiger partial charge in [0.2, 0.25) is 0 Å². The first kappa shape index (κ1) is 24.8. The first-order valence-corrected chi connectivity index (χ1v) is 13.4. The Balaban J connectivity index is 1.47. The van der Waals surface area contributed by atoms with E-state index < -0.39 is 11.0 Å². The topological polar surface area (TPSA) is 71.2 Å². The first-order valence-electron chi connectivity index (χ1n) is 11.5. The van der Waals surface area contributed by atoms with Gasteiger partial charge in [-0.25, -0.2) is 13.9 Å². The Labute approximate surface area is 213 Å². The molecule has 1 atom stereocenters. The van der Waals surface area contributed by atoms with Crippen LogP contribution in [0.15, 0.2) is 58.8 Å². The van der Waals surface area contributed by atoms with Gasteiger partial charge in [0, 0.05) is 29.1 Å². The van der Waals surface area contributed by atoms with Crippen molar-refractivity contribution < 1.29 is 4.21 Å². The van der Waals surface area contributed by atoms with Crippen molar-refractivity contribution in [1.29, 1.82) is 0 Å². The summed E-state index contributed by atoms with van der Waals surface area (Å²) in [7, 11) is -1.38. The lowest BCUT2D eigenvalue weighted by Gasteiger charge is -2.31. The Morgan fingerprint density at radius 2 is 1.97 bits per heavy atom. The number of nitrogen functional groups attached to an aromatic ring is 1. The van der Waals surface area contributed by atoms with E-state index in [2.05, 4.69) is 33.3 Å². The van der Waals surface area contributed by atoms with Gasteiger partial charge in [-0.2, -0.15) is 0 Å². The van der Waals surface area contributed by atoms with E-state index in [-0.39, 0.29) is 0 Å². The fourth-order valence-corrected chi connectivity index (χ4v) is 5.62. The van der Waals surface area contributed by atoms with Crippen LogP contribution in [0.5, 0.6) is 0 Å². The molecule has 0 spiro atoms. The minimum Gasteiger partial charge on any atom is -0.383 e. The van der Waals surface area contributed by atoms with Gasteiger partial charge in [-0.3, -0.25) is 0 Å². The number of halogens is 2. The van der Waals surface area contributed by atoms with Gasteiger partial charge < -0.3 is 10.6 Å². The Morgan fingerprint density at radius 3 is 2.76 bits per heavy atom. The molecule has 0 saturated heterocycles. The van der Waals surface area contributed by atoms with Crippen molar-refractivity contribution in [2.45, 2.75) is 43.9 Å². The molecule has 1 aromatic heterocycles. The summed E-state index contributed by atoms with van der Waals surface area (Å²) in [5, 5.41) is 2.02. The molecule has 0 bridgehead atoms. The third-order valence-corrected chi connectivity index (χ3v) is 7.69. The van der Waals surface area contributed by atoms with E-state index in [1.807, 2.05) is 24.3 Å². The Hall–Kier alpha value is -2.34. The number of allylic oxidation sites excluding steroid dienone is 1. The van der Waals surface area contributed by atoms with Gasteiger partial charge >= 0.3 is 0 Å². The molecule has 5 nitrogen and oxygen atoms in total. The summed E-state index contributed by atoms with van der Waals surface area (Å²) in [5.41, 5.74) is 13.9. The summed E-state index contributed by atoms with van der Waals surface area (Å²) in [6.07, 6.45) is 6.92. The highest BCUT2D eigenvalue weighted by molar-refractivity contribution is 7.83. The standard InChI is InChI=1S/C26H28Cl2N4OS/c1-2-3-8-19-12-13-21-25(20-9-4-5-10-23(20)31-26(21)29)32(19)16-7-6-15-30-34(33)24-14-11-18(27)17-22(24)28/h4-5,9-11,13-14,17,30H,2-3,6-8,15-16H2,1H3,(H2,29,31). The number of nitrogens with zero attached hydrogens (tertiary/aromatic N) is 2. The van der Waals surface area contributed by atoms with Crippen LogP contribution in [-0.2, 0) is 11.0 Å². The van der Waals surface area contributed by atoms with Crippen LogP contribution in [0.25, 0.3) is 17.0 Å². The number of anilines is 2. The number of pyridine rings is 1. The number of hydrogen-bond acceptors (Lipinski definition) is 4. The minimum atomic E-state index is -1.38. The molecule has 1 unspecified atom stereocenters. The molecule has 2 heterocycles. The minimum absolute atomic E-state index is 0.402. The van der Waals surface area contributed by atoms with E-state index in [1.165, 1.54) is 5.70 Å². The largest absolute Gasteiger partial charge is 0.383 e. The average Bonchev–Trinajstić information content (AvgIpc) is 2.82. The highest BCUT2D eigenvalue weighted by Gasteiger charge is 2.23. The van der Waals surface area contributed by atoms with E-state index >= 15 is 0 Å². The second-order valence-electron chi connectivity index (χ2n) is 8.21. The number of rotatable bonds is 10. The fraction of sp³-hybridized carbons (Fsp3) is 0.308. The third-order valence-electron chi connectivity index (χ3n) is 5.81.